The molecule has 2 amide bonds. The van der Waals surface area contributed by atoms with Crippen molar-refractivity contribution in [2.24, 2.45) is 5.73 Å². The lowest BCUT2D eigenvalue weighted by atomic mass is 9.94. The highest BCUT2D eigenvalue weighted by Crippen LogP contribution is 2.38. The van der Waals surface area contributed by atoms with E-state index in [9.17, 15) is 14.7 Å². The predicted molar refractivity (Wildman–Crippen MR) is 141 cm³/mol. The van der Waals surface area contributed by atoms with Crippen molar-refractivity contribution in [3.63, 3.8) is 0 Å². The highest BCUT2D eigenvalue weighted by molar-refractivity contribution is 6.30. The molecular weight excluding hydrogens is 478 g/mol. The number of nitrogens with two attached hydrogens (primary N) is 1. The standard InChI is InChI=1S/C28H30ClN3O4/c1-16-11-20(34)12-17(2)23(16)15-25(30)28(35)31-26-9-10-32(18(3)33)27-8-7-22(14-24(26)27)36-21-6-4-5-19(29)13-21/h4-8,11-14,25-26,34H,9-10,15,30H2,1-3H3,(H,31,35)/t25-,26+/m0/s1. The number of phenolic OH excluding ortho intramolecular Hbond substituents is 1. The van der Waals surface area contributed by atoms with Gasteiger partial charge in [-0.25, -0.2) is 0 Å². The average Bonchev–Trinajstić information content (AvgIpc) is 2.81. The molecule has 3 aromatic carbocycles. The largest absolute Gasteiger partial charge is 0.508 e. The number of phenols is 1. The van der Waals surface area contributed by atoms with Crippen molar-refractivity contribution in [3.8, 4) is 17.2 Å². The summed E-state index contributed by atoms with van der Waals surface area (Å²) in [5.74, 6) is 0.996. The molecule has 3 aromatic rings. The van der Waals surface area contributed by atoms with Gasteiger partial charge in [-0.05, 0) is 91.9 Å². The van der Waals surface area contributed by atoms with Gasteiger partial charge in [0.05, 0.1) is 12.1 Å². The van der Waals surface area contributed by atoms with Crippen molar-refractivity contribution < 1.29 is 19.4 Å². The third-order valence-corrected chi connectivity index (χ3v) is 6.71. The van der Waals surface area contributed by atoms with Crippen LogP contribution in [-0.4, -0.2) is 29.5 Å². The second kappa shape index (κ2) is 10.6. The Balaban J connectivity index is 1.56. The van der Waals surface area contributed by atoms with Crippen molar-refractivity contribution in [1.82, 2.24) is 5.32 Å². The zero-order valence-electron chi connectivity index (χ0n) is 20.5. The number of aromatic hydroxyl groups is 1. The van der Waals surface area contributed by atoms with Crippen LogP contribution in [0.2, 0.25) is 5.02 Å². The number of hydrogen-bond acceptors (Lipinski definition) is 5. The van der Waals surface area contributed by atoms with Crippen molar-refractivity contribution in [2.75, 3.05) is 11.4 Å². The van der Waals surface area contributed by atoms with Gasteiger partial charge in [-0.15, -0.1) is 0 Å². The third kappa shape index (κ3) is 5.64. The van der Waals surface area contributed by atoms with Gasteiger partial charge in [0, 0.05) is 29.7 Å². The maximum atomic E-state index is 13.1. The van der Waals surface area contributed by atoms with Crippen LogP contribution < -0.4 is 20.7 Å². The fraction of sp³-hybridized carbons (Fsp3) is 0.286. The van der Waals surface area contributed by atoms with Crippen LogP contribution in [0.25, 0.3) is 0 Å². The lowest BCUT2D eigenvalue weighted by Crippen LogP contribution is -2.46. The highest BCUT2D eigenvalue weighted by atomic mass is 35.5. The van der Waals surface area contributed by atoms with E-state index in [4.69, 9.17) is 22.1 Å². The number of nitrogens with zero attached hydrogens (tertiary/aromatic N) is 1. The van der Waals surface area contributed by atoms with Crippen LogP contribution in [0.5, 0.6) is 17.2 Å². The lowest BCUT2D eigenvalue weighted by molar-refractivity contribution is -0.123. The van der Waals surface area contributed by atoms with Gasteiger partial charge in [-0.3, -0.25) is 9.59 Å². The molecular formula is C28H30ClN3O4. The van der Waals surface area contributed by atoms with Crippen molar-refractivity contribution in [1.29, 1.82) is 0 Å². The molecule has 0 saturated heterocycles. The number of carbonyl (C=O) groups excluding carboxylic acids is 2. The van der Waals surface area contributed by atoms with Gasteiger partial charge >= 0.3 is 0 Å². The molecule has 0 spiro atoms. The smallest absolute Gasteiger partial charge is 0.237 e. The highest BCUT2D eigenvalue weighted by Gasteiger charge is 2.30. The van der Waals surface area contributed by atoms with Crippen LogP contribution in [0, 0.1) is 13.8 Å². The molecule has 0 aliphatic carbocycles. The van der Waals surface area contributed by atoms with Crippen molar-refractivity contribution in [3.05, 3.63) is 81.9 Å². The second-order valence-electron chi connectivity index (χ2n) is 9.17. The van der Waals surface area contributed by atoms with E-state index >= 15 is 0 Å². The first-order valence-corrected chi connectivity index (χ1v) is 12.2. The Labute approximate surface area is 215 Å². The quantitative estimate of drug-likeness (QED) is 0.438. The third-order valence-electron chi connectivity index (χ3n) is 6.48. The Kier molecular flexibility index (Phi) is 7.52. The molecule has 1 heterocycles. The number of carbonyl (C=O) groups is 2. The molecule has 4 rings (SSSR count). The number of hydrogen-bond donors (Lipinski definition) is 3. The number of ether oxygens (including phenoxy) is 1. The average molecular weight is 508 g/mol. The first kappa shape index (κ1) is 25.5. The molecule has 1 aliphatic heterocycles. The normalized spacial score (nSPS) is 15.7. The van der Waals surface area contributed by atoms with E-state index < -0.39 is 6.04 Å². The topological polar surface area (TPSA) is 105 Å². The number of fused-ring (bicyclic) bond motifs is 1. The monoisotopic (exact) mass is 507 g/mol. The number of nitrogens with one attached hydrogen (secondary N) is 1. The van der Waals surface area contributed by atoms with E-state index in [0.29, 0.717) is 35.9 Å². The molecule has 36 heavy (non-hydrogen) atoms. The van der Waals surface area contributed by atoms with Gasteiger partial charge in [0.2, 0.25) is 11.8 Å². The second-order valence-corrected chi connectivity index (χ2v) is 9.61. The fourth-order valence-corrected chi connectivity index (χ4v) is 4.86. The van der Waals surface area contributed by atoms with E-state index in [-0.39, 0.29) is 23.6 Å². The van der Waals surface area contributed by atoms with E-state index in [1.165, 1.54) is 6.92 Å². The Morgan fingerprint density at radius 2 is 1.83 bits per heavy atom. The van der Waals surface area contributed by atoms with E-state index in [1.54, 1.807) is 47.4 Å². The molecule has 188 valence electrons. The summed E-state index contributed by atoms with van der Waals surface area (Å²) in [5.41, 5.74) is 10.5. The van der Waals surface area contributed by atoms with Gasteiger partial charge in [-0.2, -0.15) is 0 Å². The number of aryl methyl sites for hydroxylation is 2. The van der Waals surface area contributed by atoms with Gasteiger partial charge in [0.25, 0.3) is 0 Å². The molecule has 8 heteroatoms. The summed E-state index contributed by atoms with van der Waals surface area (Å²) in [4.78, 5) is 27.1. The Bertz CT molecular complexity index is 1290. The van der Waals surface area contributed by atoms with Crippen LogP contribution in [0.3, 0.4) is 0 Å². The number of halogens is 1. The van der Waals surface area contributed by atoms with Crippen LogP contribution >= 0.6 is 11.6 Å². The zero-order chi connectivity index (χ0) is 26.0. The summed E-state index contributed by atoms with van der Waals surface area (Å²) in [5, 5.41) is 13.4. The molecule has 7 nitrogen and oxygen atoms in total. The van der Waals surface area contributed by atoms with Gasteiger partial charge in [-0.1, -0.05) is 17.7 Å². The predicted octanol–water partition coefficient (Wildman–Crippen LogP) is 4.94. The van der Waals surface area contributed by atoms with Crippen LogP contribution in [0.4, 0.5) is 5.69 Å². The summed E-state index contributed by atoms with van der Waals surface area (Å²) >= 11 is 6.08. The van der Waals surface area contributed by atoms with E-state index in [2.05, 4.69) is 5.32 Å². The minimum atomic E-state index is -0.771. The Morgan fingerprint density at radius 3 is 2.50 bits per heavy atom. The Morgan fingerprint density at radius 1 is 1.14 bits per heavy atom. The zero-order valence-corrected chi connectivity index (χ0v) is 21.3. The summed E-state index contributed by atoms with van der Waals surface area (Å²) in [6, 6.07) is 14.8. The molecule has 0 aromatic heterocycles. The molecule has 2 atom stereocenters. The van der Waals surface area contributed by atoms with Crippen LogP contribution in [0.1, 0.15) is 41.6 Å². The molecule has 4 N–H and O–H groups in total. The number of anilines is 1. The van der Waals surface area contributed by atoms with Crippen molar-refractivity contribution >= 4 is 29.1 Å². The SMILES string of the molecule is CC(=O)N1CC[C@@H](NC(=O)[C@@H](N)Cc2c(C)cc(O)cc2C)c2cc(Oc3cccc(Cl)c3)ccc21. The van der Waals surface area contributed by atoms with E-state index in [0.717, 1.165) is 27.9 Å². The lowest BCUT2D eigenvalue weighted by Gasteiger charge is -2.35. The number of rotatable bonds is 6. The minimum absolute atomic E-state index is 0.0699. The van der Waals surface area contributed by atoms with E-state index in [1.807, 2.05) is 26.0 Å². The molecule has 0 unspecified atom stereocenters. The molecule has 0 saturated carbocycles. The Hall–Kier alpha value is -3.55. The van der Waals surface area contributed by atoms with Crippen LogP contribution in [-0.2, 0) is 16.0 Å². The molecule has 1 aliphatic rings. The summed E-state index contributed by atoms with van der Waals surface area (Å²) in [6.07, 6.45) is 0.893. The number of amides is 2. The van der Waals surface area contributed by atoms with Gasteiger partial charge in [0.15, 0.2) is 0 Å². The summed E-state index contributed by atoms with van der Waals surface area (Å²) in [7, 11) is 0. The van der Waals surface area contributed by atoms with Gasteiger partial charge in [0.1, 0.15) is 17.2 Å². The maximum Gasteiger partial charge on any atom is 0.237 e. The minimum Gasteiger partial charge on any atom is -0.508 e. The van der Waals surface area contributed by atoms with Gasteiger partial charge < -0.3 is 25.8 Å². The maximum absolute atomic E-state index is 13.1. The first-order chi connectivity index (χ1) is 17.1. The molecule has 0 fully saturated rings. The van der Waals surface area contributed by atoms with Crippen molar-refractivity contribution in [2.45, 2.75) is 45.7 Å². The molecule has 0 bridgehead atoms. The fourth-order valence-electron chi connectivity index (χ4n) is 4.68. The van der Waals surface area contributed by atoms with Crippen LogP contribution in [0.15, 0.2) is 54.6 Å². The summed E-state index contributed by atoms with van der Waals surface area (Å²) < 4.78 is 5.99. The first-order valence-electron chi connectivity index (χ1n) is 11.8. The summed E-state index contributed by atoms with van der Waals surface area (Å²) in [6.45, 7) is 5.79. The molecule has 0 radical (unpaired) electrons. The number of benzene rings is 3.